The number of benzene rings is 1. The first-order valence-electron chi connectivity index (χ1n) is 5.12. The zero-order valence-corrected chi connectivity index (χ0v) is 10.0. The van der Waals surface area contributed by atoms with Crippen molar-refractivity contribution in [2.75, 3.05) is 0 Å². The van der Waals surface area contributed by atoms with Crippen LogP contribution in [0.25, 0.3) is 0 Å². The highest BCUT2D eigenvalue weighted by molar-refractivity contribution is 8.03. The number of hydrogen-bond donors (Lipinski definition) is 0. The predicted octanol–water partition coefficient (Wildman–Crippen LogP) is 3.80. The standard InChI is InChI=1S/C13H16OS/c1-3-7-13(11(2)14)15-10-12-8-5-4-6-9-12/h4-9H,3,10H2,1-2H3/b13-7+. The van der Waals surface area contributed by atoms with Crippen LogP contribution < -0.4 is 0 Å². The molecule has 1 aromatic carbocycles. The molecule has 1 rings (SSSR count). The summed E-state index contributed by atoms with van der Waals surface area (Å²) in [6.45, 7) is 3.67. The maximum atomic E-state index is 11.3. The molecular weight excluding hydrogens is 204 g/mol. The molecule has 0 saturated heterocycles. The van der Waals surface area contributed by atoms with Crippen molar-refractivity contribution in [2.45, 2.75) is 26.0 Å². The largest absolute Gasteiger partial charge is 0.294 e. The van der Waals surface area contributed by atoms with E-state index >= 15 is 0 Å². The van der Waals surface area contributed by atoms with Crippen molar-refractivity contribution in [3.8, 4) is 0 Å². The van der Waals surface area contributed by atoms with Crippen molar-refractivity contribution < 1.29 is 4.79 Å². The molecule has 0 radical (unpaired) electrons. The van der Waals surface area contributed by atoms with E-state index in [4.69, 9.17) is 0 Å². The molecule has 0 aliphatic carbocycles. The SMILES string of the molecule is CC/C=C(/SCc1ccccc1)C(C)=O. The Balaban J connectivity index is 2.55. The van der Waals surface area contributed by atoms with Gasteiger partial charge in [0.1, 0.15) is 0 Å². The van der Waals surface area contributed by atoms with Gasteiger partial charge in [-0.3, -0.25) is 4.79 Å². The van der Waals surface area contributed by atoms with Crippen molar-refractivity contribution in [1.29, 1.82) is 0 Å². The Morgan fingerprint density at radius 2 is 2.00 bits per heavy atom. The molecule has 1 aromatic rings. The topological polar surface area (TPSA) is 17.1 Å². The minimum Gasteiger partial charge on any atom is -0.294 e. The quantitative estimate of drug-likeness (QED) is 0.702. The molecule has 0 fully saturated rings. The first-order valence-corrected chi connectivity index (χ1v) is 6.10. The van der Waals surface area contributed by atoms with E-state index in [-0.39, 0.29) is 5.78 Å². The Kier molecular flexibility index (Phi) is 5.19. The fourth-order valence-corrected chi connectivity index (χ4v) is 2.23. The summed E-state index contributed by atoms with van der Waals surface area (Å²) in [5.74, 6) is 1.03. The first kappa shape index (κ1) is 12.1. The zero-order valence-electron chi connectivity index (χ0n) is 9.19. The van der Waals surface area contributed by atoms with Crippen LogP contribution in [0.15, 0.2) is 41.3 Å². The van der Waals surface area contributed by atoms with Gasteiger partial charge in [0.2, 0.25) is 0 Å². The third kappa shape index (κ3) is 4.34. The lowest BCUT2D eigenvalue weighted by atomic mass is 10.2. The smallest absolute Gasteiger partial charge is 0.165 e. The van der Waals surface area contributed by atoms with Crippen molar-refractivity contribution in [3.05, 3.63) is 46.9 Å². The fourth-order valence-electron chi connectivity index (χ4n) is 1.23. The molecular formula is C13H16OS. The Labute approximate surface area is 95.6 Å². The predicted molar refractivity (Wildman–Crippen MR) is 66.8 cm³/mol. The number of allylic oxidation sites excluding steroid dienone is 2. The molecule has 0 saturated carbocycles. The molecule has 0 amide bonds. The van der Waals surface area contributed by atoms with Gasteiger partial charge < -0.3 is 0 Å². The molecule has 0 bridgehead atoms. The average Bonchev–Trinajstić information content (AvgIpc) is 2.25. The Hall–Kier alpha value is -1.02. The van der Waals surface area contributed by atoms with Gasteiger partial charge in [-0.25, -0.2) is 0 Å². The highest BCUT2D eigenvalue weighted by Crippen LogP contribution is 2.22. The molecule has 0 heterocycles. The second-order valence-electron chi connectivity index (χ2n) is 3.31. The van der Waals surface area contributed by atoms with Gasteiger partial charge in [0.05, 0.1) is 0 Å². The van der Waals surface area contributed by atoms with E-state index in [0.29, 0.717) is 0 Å². The third-order valence-electron chi connectivity index (χ3n) is 1.97. The number of Topliss-reactive ketones (excluding diaryl/α,β-unsaturated/α-hetero) is 1. The summed E-state index contributed by atoms with van der Waals surface area (Å²) < 4.78 is 0. The molecule has 0 aromatic heterocycles. The lowest BCUT2D eigenvalue weighted by Gasteiger charge is -2.03. The van der Waals surface area contributed by atoms with E-state index in [1.54, 1.807) is 18.7 Å². The van der Waals surface area contributed by atoms with E-state index in [1.165, 1.54) is 5.56 Å². The molecule has 0 spiro atoms. The second-order valence-corrected chi connectivity index (χ2v) is 4.32. The molecule has 80 valence electrons. The molecule has 15 heavy (non-hydrogen) atoms. The summed E-state index contributed by atoms with van der Waals surface area (Å²) in [5.41, 5.74) is 1.26. The molecule has 0 aliphatic heterocycles. The second kappa shape index (κ2) is 6.46. The number of carbonyl (C=O) groups is 1. The highest BCUT2D eigenvalue weighted by Gasteiger charge is 2.03. The van der Waals surface area contributed by atoms with Gasteiger partial charge in [0.25, 0.3) is 0 Å². The minimum atomic E-state index is 0.165. The van der Waals surface area contributed by atoms with Crippen molar-refractivity contribution in [2.24, 2.45) is 0 Å². The van der Waals surface area contributed by atoms with Crippen LogP contribution in [0.4, 0.5) is 0 Å². The van der Waals surface area contributed by atoms with Crippen LogP contribution in [-0.4, -0.2) is 5.78 Å². The van der Waals surface area contributed by atoms with Crippen LogP contribution >= 0.6 is 11.8 Å². The third-order valence-corrected chi connectivity index (χ3v) is 3.22. The van der Waals surface area contributed by atoms with Crippen LogP contribution in [0.1, 0.15) is 25.8 Å². The Morgan fingerprint density at radius 1 is 1.33 bits per heavy atom. The van der Waals surface area contributed by atoms with Crippen molar-refractivity contribution in [1.82, 2.24) is 0 Å². The lowest BCUT2D eigenvalue weighted by molar-refractivity contribution is -0.112. The molecule has 0 atom stereocenters. The van der Waals surface area contributed by atoms with E-state index < -0.39 is 0 Å². The highest BCUT2D eigenvalue weighted by atomic mass is 32.2. The van der Waals surface area contributed by atoms with Crippen LogP contribution in [-0.2, 0) is 10.5 Å². The van der Waals surface area contributed by atoms with Crippen molar-refractivity contribution in [3.63, 3.8) is 0 Å². The van der Waals surface area contributed by atoms with E-state index in [9.17, 15) is 4.79 Å². The van der Waals surface area contributed by atoms with Gasteiger partial charge in [-0.05, 0) is 18.9 Å². The Bertz CT molecular complexity index is 341. The summed E-state index contributed by atoms with van der Waals surface area (Å²) in [6.07, 6.45) is 2.91. The number of hydrogen-bond acceptors (Lipinski definition) is 2. The van der Waals surface area contributed by atoms with Gasteiger partial charge in [0, 0.05) is 10.7 Å². The van der Waals surface area contributed by atoms with Crippen LogP contribution in [0.2, 0.25) is 0 Å². The van der Waals surface area contributed by atoms with Crippen LogP contribution in [0.5, 0.6) is 0 Å². The molecule has 2 heteroatoms. The number of rotatable bonds is 5. The molecule has 1 nitrogen and oxygen atoms in total. The summed E-state index contributed by atoms with van der Waals surface area (Å²) >= 11 is 1.62. The summed E-state index contributed by atoms with van der Waals surface area (Å²) in [7, 11) is 0. The zero-order chi connectivity index (χ0) is 11.1. The maximum absolute atomic E-state index is 11.3. The average molecular weight is 220 g/mol. The van der Waals surface area contributed by atoms with Gasteiger partial charge in [0.15, 0.2) is 5.78 Å². The van der Waals surface area contributed by atoms with Gasteiger partial charge >= 0.3 is 0 Å². The van der Waals surface area contributed by atoms with Gasteiger partial charge in [-0.1, -0.05) is 43.3 Å². The lowest BCUT2D eigenvalue weighted by Crippen LogP contribution is -1.93. The number of thioether (sulfide) groups is 1. The van der Waals surface area contributed by atoms with Gasteiger partial charge in [-0.15, -0.1) is 11.8 Å². The maximum Gasteiger partial charge on any atom is 0.165 e. The van der Waals surface area contributed by atoms with Gasteiger partial charge in [-0.2, -0.15) is 0 Å². The van der Waals surface area contributed by atoms with E-state index in [0.717, 1.165) is 17.1 Å². The number of ketones is 1. The molecule has 0 aliphatic rings. The number of carbonyl (C=O) groups excluding carboxylic acids is 1. The van der Waals surface area contributed by atoms with Crippen LogP contribution in [0.3, 0.4) is 0 Å². The fraction of sp³-hybridized carbons (Fsp3) is 0.308. The molecule has 0 unspecified atom stereocenters. The molecule has 0 N–H and O–H groups in total. The normalized spacial score (nSPS) is 11.5. The van der Waals surface area contributed by atoms with E-state index in [2.05, 4.69) is 12.1 Å². The summed E-state index contributed by atoms with van der Waals surface area (Å²) in [5, 5.41) is 0. The summed E-state index contributed by atoms with van der Waals surface area (Å²) in [6, 6.07) is 10.2. The van der Waals surface area contributed by atoms with Crippen molar-refractivity contribution >= 4 is 17.5 Å². The van der Waals surface area contributed by atoms with Crippen LogP contribution in [0, 0.1) is 0 Å². The first-order chi connectivity index (χ1) is 7.24. The monoisotopic (exact) mass is 220 g/mol. The summed E-state index contributed by atoms with van der Waals surface area (Å²) in [4.78, 5) is 12.1. The van der Waals surface area contributed by atoms with E-state index in [1.807, 2.05) is 31.2 Å². The minimum absolute atomic E-state index is 0.165. The Morgan fingerprint density at radius 3 is 2.53 bits per heavy atom.